The van der Waals surface area contributed by atoms with Gasteiger partial charge in [-0.1, -0.05) is 30.2 Å². The van der Waals surface area contributed by atoms with E-state index in [4.69, 9.17) is 17.3 Å². The second-order valence-electron chi connectivity index (χ2n) is 5.67. The first-order valence-corrected chi connectivity index (χ1v) is 7.13. The highest BCUT2D eigenvalue weighted by Crippen LogP contribution is 2.37. The Morgan fingerprint density at radius 3 is 2.89 bits per heavy atom. The lowest BCUT2D eigenvalue weighted by atomic mass is 9.84. The van der Waals surface area contributed by atoms with Crippen LogP contribution < -0.4 is 11.1 Å². The minimum atomic E-state index is -0.438. The number of carbonyl (C=O) groups excluding carboxylic acids is 1. The Labute approximate surface area is 119 Å². The molecule has 0 saturated heterocycles. The molecule has 1 amide bonds. The minimum absolute atomic E-state index is 0.0425. The van der Waals surface area contributed by atoms with Crippen molar-refractivity contribution in [3.8, 4) is 0 Å². The molecule has 104 valence electrons. The van der Waals surface area contributed by atoms with Gasteiger partial charge < -0.3 is 11.1 Å². The first-order valence-electron chi connectivity index (χ1n) is 6.75. The zero-order chi connectivity index (χ0) is 14.0. The SMILES string of the molecule is C[C@H](NC(=O)C1(C)CCCC1N)c1cccc(Cl)c1. The Hall–Kier alpha value is -1.06. The first kappa shape index (κ1) is 14.4. The fraction of sp³-hybridized carbons (Fsp3) is 0.533. The fourth-order valence-corrected chi connectivity index (χ4v) is 2.89. The molecular formula is C15H21ClN2O. The van der Waals surface area contributed by atoms with E-state index in [1.807, 2.05) is 38.1 Å². The summed E-state index contributed by atoms with van der Waals surface area (Å²) in [6.45, 7) is 3.93. The molecule has 3 atom stereocenters. The molecule has 1 aromatic rings. The molecule has 1 aromatic carbocycles. The van der Waals surface area contributed by atoms with Crippen LogP contribution >= 0.6 is 11.6 Å². The molecule has 1 fully saturated rings. The van der Waals surface area contributed by atoms with Crippen LogP contribution in [0.4, 0.5) is 0 Å². The van der Waals surface area contributed by atoms with Gasteiger partial charge in [-0.25, -0.2) is 0 Å². The molecule has 2 unspecified atom stereocenters. The Bertz CT molecular complexity index is 477. The standard InChI is InChI=1S/C15H21ClN2O/c1-10(11-5-3-6-12(16)9-11)18-14(19)15(2)8-4-7-13(15)17/h3,5-6,9-10,13H,4,7-8,17H2,1-2H3,(H,18,19)/t10-,13?,15?/m0/s1. The van der Waals surface area contributed by atoms with Gasteiger partial charge in [-0.15, -0.1) is 0 Å². The third-order valence-electron chi connectivity index (χ3n) is 4.24. The Balaban J connectivity index is 2.07. The van der Waals surface area contributed by atoms with E-state index < -0.39 is 5.41 Å². The van der Waals surface area contributed by atoms with Crippen molar-refractivity contribution < 1.29 is 4.79 Å². The lowest BCUT2D eigenvalue weighted by Gasteiger charge is -2.29. The van der Waals surface area contributed by atoms with E-state index in [0.717, 1.165) is 24.8 Å². The molecule has 3 nitrogen and oxygen atoms in total. The maximum absolute atomic E-state index is 12.4. The highest BCUT2D eigenvalue weighted by atomic mass is 35.5. The summed E-state index contributed by atoms with van der Waals surface area (Å²) >= 11 is 5.97. The van der Waals surface area contributed by atoms with Crippen molar-refractivity contribution >= 4 is 17.5 Å². The first-order chi connectivity index (χ1) is 8.93. The van der Waals surface area contributed by atoms with Crippen LogP contribution in [0.1, 0.15) is 44.7 Å². The third-order valence-corrected chi connectivity index (χ3v) is 4.48. The summed E-state index contributed by atoms with van der Waals surface area (Å²) in [6.07, 6.45) is 2.81. The van der Waals surface area contributed by atoms with Crippen LogP contribution in [0.2, 0.25) is 5.02 Å². The molecule has 0 aromatic heterocycles. The van der Waals surface area contributed by atoms with E-state index >= 15 is 0 Å². The van der Waals surface area contributed by atoms with Gasteiger partial charge in [0, 0.05) is 11.1 Å². The summed E-state index contributed by atoms with van der Waals surface area (Å²) in [4.78, 5) is 12.4. The predicted octanol–water partition coefficient (Wildman–Crippen LogP) is 3.03. The molecule has 2 rings (SSSR count). The van der Waals surface area contributed by atoms with Crippen molar-refractivity contribution in [3.05, 3.63) is 34.9 Å². The molecule has 0 bridgehead atoms. The average Bonchev–Trinajstić information content (AvgIpc) is 2.71. The lowest BCUT2D eigenvalue weighted by Crippen LogP contribution is -2.47. The van der Waals surface area contributed by atoms with Gasteiger partial charge in [0.05, 0.1) is 11.5 Å². The smallest absolute Gasteiger partial charge is 0.227 e. The number of rotatable bonds is 3. The summed E-state index contributed by atoms with van der Waals surface area (Å²) in [5, 5.41) is 3.74. The van der Waals surface area contributed by atoms with Gasteiger partial charge in [0.1, 0.15) is 0 Å². The van der Waals surface area contributed by atoms with E-state index in [1.165, 1.54) is 0 Å². The molecular weight excluding hydrogens is 260 g/mol. The largest absolute Gasteiger partial charge is 0.349 e. The molecule has 19 heavy (non-hydrogen) atoms. The second-order valence-corrected chi connectivity index (χ2v) is 6.10. The van der Waals surface area contributed by atoms with Crippen molar-refractivity contribution in [2.75, 3.05) is 0 Å². The monoisotopic (exact) mass is 280 g/mol. The number of hydrogen-bond donors (Lipinski definition) is 2. The average molecular weight is 281 g/mol. The third kappa shape index (κ3) is 2.93. The minimum Gasteiger partial charge on any atom is -0.349 e. The zero-order valence-electron chi connectivity index (χ0n) is 11.4. The second kappa shape index (κ2) is 5.51. The van der Waals surface area contributed by atoms with Gasteiger partial charge in [0.15, 0.2) is 0 Å². The molecule has 0 radical (unpaired) electrons. The van der Waals surface area contributed by atoms with Crippen molar-refractivity contribution in [2.24, 2.45) is 11.1 Å². The van der Waals surface area contributed by atoms with Crippen molar-refractivity contribution in [1.29, 1.82) is 0 Å². The molecule has 0 spiro atoms. The summed E-state index contributed by atoms with van der Waals surface area (Å²) in [6, 6.07) is 7.46. The summed E-state index contributed by atoms with van der Waals surface area (Å²) < 4.78 is 0. The van der Waals surface area contributed by atoms with Crippen molar-refractivity contribution in [1.82, 2.24) is 5.32 Å². The summed E-state index contributed by atoms with van der Waals surface area (Å²) in [7, 11) is 0. The van der Waals surface area contributed by atoms with E-state index in [1.54, 1.807) is 0 Å². The van der Waals surface area contributed by atoms with E-state index in [2.05, 4.69) is 5.32 Å². The molecule has 1 aliphatic rings. The van der Waals surface area contributed by atoms with Gasteiger partial charge in [0.25, 0.3) is 0 Å². The molecule has 1 saturated carbocycles. The number of nitrogens with one attached hydrogen (secondary N) is 1. The molecule has 1 aliphatic carbocycles. The van der Waals surface area contributed by atoms with Gasteiger partial charge in [-0.2, -0.15) is 0 Å². The maximum Gasteiger partial charge on any atom is 0.227 e. The number of halogens is 1. The number of benzene rings is 1. The Kier molecular flexibility index (Phi) is 4.16. The van der Waals surface area contributed by atoms with Gasteiger partial charge in [-0.05, 0) is 44.4 Å². The zero-order valence-corrected chi connectivity index (χ0v) is 12.2. The quantitative estimate of drug-likeness (QED) is 0.894. The van der Waals surface area contributed by atoms with Crippen LogP contribution in [-0.4, -0.2) is 11.9 Å². The number of nitrogens with two attached hydrogens (primary N) is 1. The van der Waals surface area contributed by atoms with Crippen LogP contribution in [0.25, 0.3) is 0 Å². The van der Waals surface area contributed by atoms with Crippen LogP contribution in [0, 0.1) is 5.41 Å². The maximum atomic E-state index is 12.4. The normalized spacial score (nSPS) is 28.1. The highest BCUT2D eigenvalue weighted by molar-refractivity contribution is 6.30. The predicted molar refractivity (Wildman–Crippen MR) is 77.9 cm³/mol. The molecule has 0 heterocycles. The van der Waals surface area contributed by atoms with Crippen molar-refractivity contribution in [3.63, 3.8) is 0 Å². The Morgan fingerprint density at radius 1 is 1.58 bits per heavy atom. The van der Waals surface area contributed by atoms with E-state index in [-0.39, 0.29) is 18.0 Å². The number of carbonyl (C=O) groups is 1. The van der Waals surface area contributed by atoms with Gasteiger partial charge in [-0.3, -0.25) is 4.79 Å². The van der Waals surface area contributed by atoms with Crippen LogP contribution in [0.3, 0.4) is 0 Å². The van der Waals surface area contributed by atoms with E-state index in [0.29, 0.717) is 5.02 Å². The fourth-order valence-electron chi connectivity index (χ4n) is 2.70. The van der Waals surface area contributed by atoms with Crippen LogP contribution in [0.15, 0.2) is 24.3 Å². The molecule has 3 N–H and O–H groups in total. The van der Waals surface area contributed by atoms with E-state index in [9.17, 15) is 4.79 Å². The van der Waals surface area contributed by atoms with Gasteiger partial charge in [0.2, 0.25) is 5.91 Å². The topological polar surface area (TPSA) is 55.1 Å². The number of amides is 1. The van der Waals surface area contributed by atoms with Crippen molar-refractivity contribution in [2.45, 2.75) is 45.2 Å². The van der Waals surface area contributed by atoms with Crippen LogP contribution in [0.5, 0.6) is 0 Å². The molecule has 0 aliphatic heterocycles. The molecule has 4 heteroatoms. The highest BCUT2D eigenvalue weighted by Gasteiger charge is 2.43. The van der Waals surface area contributed by atoms with Gasteiger partial charge >= 0.3 is 0 Å². The summed E-state index contributed by atoms with van der Waals surface area (Å²) in [5.41, 5.74) is 6.64. The van der Waals surface area contributed by atoms with Crippen LogP contribution in [-0.2, 0) is 4.79 Å². The Morgan fingerprint density at radius 2 is 2.32 bits per heavy atom. The lowest BCUT2D eigenvalue weighted by molar-refractivity contribution is -0.131. The summed E-state index contributed by atoms with van der Waals surface area (Å²) in [5.74, 6) is 0.0463. The number of hydrogen-bond acceptors (Lipinski definition) is 2.